The number of nitrogens with one attached hydrogen (secondary N) is 2. The van der Waals surface area contributed by atoms with Crippen molar-refractivity contribution >= 4 is 23.2 Å². The second-order valence-electron chi connectivity index (χ2n) is 6.76. The third-order valence-corrected chi connectivity index (χ3v) is 3.76. The highest BCUT2D eigenvalue weighted by molar-refractivity contribution is 5.83. The lowest BCUT2D eigenvalue weighted by Gasteiger charge is -2.22. The Morgan fingerprint density at radius 1 is 1.35 bits per heavy atom. The van der Waals surface area contributed by atoms with Crippen LogP contribution < -0.4 is 11.1 Å². The third-order valence-electron chi connectivity index (χ3n) is 3.76. The first-order valence-corrected chi connectivity index (χ1v) is 7.95. The van der Waals surface area contributed by atoms with Gasteiger partial charge in [0, 0.05) is 11.6 Å². The zero-order valence-electron chi connectivity index (χ0n) is 14.1. The molecule has 0 aromatic carbocycles. The van der Waals surface area contributed by atoms with Gasteiger partial charge in [-0.1, -0.05) is 0 Å². The Hall–Kier alpha value is -2.08. The number of rotatable bonds is 2. The number of anilines is 1. The maximum atomic E-state index is 9.60. The lowest BCUT2D eigenvalue weighted by atomic mass is 9.90. The molecular formula is C17H26N4O2. The van der Waals surface area contributed by atoms with Crippen molar-refractivity contribution in [3.63, 3.8) is 0 Å². The van der Waals surface area contributed by atoms with Crippen molar-refractivity contribution in [1.29, 1.82) is 0 Å². The number of pyridine rings is 1. The fourth-order valence-electron chi connectivity index (χ4n) is 2.65. The molecule has 0 bridgehead atoms. The summed E-state index contributed by atoms with van der Waals surface area (Å²) in [6.07, 6.45) is 6.18. The van der Waals surface area contributed by atoms with Crippen molar-refractivity contribution in [2.45, 2.75) is 45.1 Å². The molecular weight excluding hydrogens is 292 g/mol. The summed E-state index contributed by atoms with van der Waals surface area (Å²) in [6, 6.07) is 2.02. The first-order chi connectivity index (χ1) is 10.9. The summed E-state index contributed by atoms with van der Waals surface area (Å²) in [4.78, 5) is 17.1. The number of carbonyl (C=O) groups excluding carboxylic acids is 1. The van der Waals surface area contributed by atoms with E-state index < -0.39 is 0 Å². The Balaban J connectivity index is 0.000000236. The number of nitrogen functional groups attached to an aromatic ring is 1. The molecule has 3 rings (SSSR count). The number of nitrogens with two attached hydrogens (primary N) is 1. The second-order valence-corrected chi connectivity index (χ2v) is 6.76. The van der Waals surface area contributed by atoms with Crippen LogP contribution >= 0.6 is 0 Å². The summed E-state index contributed by atoms with van der Waals surface area (Å²) < 4.78 is 4.55. The van der Waals surface area contributed by atoms with Crippen LogP contribution in [0, 0.1) is 0 Å². The summed E-state index contributed by atoms with van der Waals surface area (Å²) in [5.74, 6) is 0.638. The number of piperidine rings is 1. The highest BCUT2D eigenvalue weighted by atomic mass is 16.5. The second kappa shape index (κ2) is 7.46. The Bertz CT molecular complexity index is 640. The maximum Gasteiger partial charge on any atom is 0.293 e. The number of hydrogen-bond acceptors (Lipinski definition) is 5. The smallest absolute Gasteiger partial charge is 0.293 e. The average Bonchev–Trinajstić information content (AvgIpc) is 2.90. The molecule has 0 unspecified atom stereocenters. The van der Waals surface area contributed by atoms with E-state index in [1.807, 2.05) is 26.8 Å². The van der Waals surface area contributed by atoms with Gasteiger partial charge >= 0.3 is 0 Å². The fourth-order valence-corrected chi connectivity index (χ4v) is 2.65. The molecule has 0 saturated carbocycles. The van der Waals surface area contributed by atoms with Crippen LogP contribution in [0.5, 0.6) is 0 Å². The molecule has 0 atom stereocenters. The lowest BCUT2D eigenvalue weighted by molar-refractivity contribution is -0.138. The zero-order valence-corrected chi connectivity index (χ0v) is 14.1. The van der Waals surface area contributed by atoms with E-state index in [1.165, 1.54) is 23.8 Å². The van der Waals surface area contributed by atoms with Crippen LogP contribution in [0.1, 0.15) is 45.1 Å². The Kier molecular flexibility index (Phi) is 5.60. The molecule has 3 heterocycles. The number of ether oxygens (including phenoxy) is 1. The van der Waals surface area contributed by atoms with Crippen molar-refractivity contribution < 1.29 is 9.53 Å². The van der Waals surface area contributed by atoms with Crippen molar-refractivity contribution in [3.8, 4) is 0 Å². The van der Waals surface area contributed by atoms with Crippen LogP contribution in [-0.4, -0.2) is 35.1 Å². The standard InChI is InChI=1S/C12H16N4.C5H10O2/c13-9-5-10-11(7-16-12(10)15-6-9)8-1-3-14-4-2-8;1-5(2,3)7-4-6/h5-8,14H,1-4,13H2,(H,15,16);4H,1-3H3. The predicted molar refractivity (Wildman–Crippen MR) is 92.3 cm³/mol. The van der Waals surface area contributed by atoms with E-state index in [0.29, 0.717) is 12.4 Å². The third kappa shape index (κ3) is 4.96. The summed E-state index contributed by atoms with van der Waals surface area (Å²) in [5.41, 5.74) is 8.53. The molecule has 0 radical (unpaired) electrons. The molecule has 23 heavy (non-hydrogen) atoms. The highest BCUT2D eigenvalue weighted by Crippen LogP contribution is 2.31. The van der Waals surface area contributed by atoms with Gasteiger partial charge in [-0.05, 0) is 64.3 Å². The molecule has 1 saturated heterocycles. The molecule has 1 fully saturated rings. The SMILES string of the molecule is CC(C)(C)OC=O.Nc1cnc2[nH]cc(C3CCNCC3)c2c1. The van der Waals surface area contributed by atoms with E-state index in [-0.39, 0.29) is 5.60 Å². The van der Waals surface area contributed by atoms with Crippen molar-refractivity contribution in [3.05, 3.63) is 24.0 Å². The summed E-state index contributed by atoms with van der Waals surface area (Å²) in [5, 5.41) is 4.57. The molecule has 0 aliphatic carbocycles. The number of fused-ring (bicyclic) bond motifs is 1. The minimum absolute atomic E-state index is 0.318. The Labute approximate surface area is 136 Å². The molecule has 6 heteroatoms. The van der Waals surface area contributed by atoms with Crippen molar-refractivity contribution in [2.75, 3.05) is 18.8 Å². The van der Waals surface area contributed by atoms with Crippen LogP contribution in [0.15, 0.2) is 18.5 Å². The van der Waals surface area contributed by atoms with Crippen molar-refractivity contribution in [2.24, 2.45) is 0 Å². The topological polar surface area (TPSA) is 93.0 Å². The first-order valence-electron chi connectivity index (χ1n) is 7.95. The first kappa shape index (κ1) is 17.3. The molecule has 1 aliphatic rings. The molecule has 0 spiro atoms. The van der Waals surface area contributed by atoms with Crippen LogP contribution in [0.3, 0.4) is 0 Å². The summed E-state index contributed by atoms with van der Waals surface area (Å²) >= 11 is 0. The minimum atomic E-state index is -0.318. The van der Waals surface area contributed by atoms with Gasteiger partial charge in [-0.25, -0.2) is 4.98 Å². The Morgan fingerprint density at radius 2 is 2.04 bits per heavy atom. The van der Waals surface area contributed by atoms with Gasteiger partial charge in [0.15, 0.2) is 0 Å². The number of aromatic amines is 1. The van der Waals surface area contributed by atoms with Gasteiger partial charge in [0.2, 0.25) is 0 Å². The highest BCUT2D eigenvalue weighted by Gasteiger charge is 2.18. The van der Waals surface area contributed by atoms with Crippen LogP contribution in [0.2, 0.25) is 0 Å². The largest absolute Gasteiger partial charge is 0.462 e. The van der Waals surface area contributed by atoms with Gasteiger partial charge in [-0.2, -0.15) is 0 Å². The van der Waals surface area contributed by atoms with Gasteiger partial charge in [-0.3, -0.25) is 4.79 Å². The normalized spacial score (nSPS) is 15.8. The quantitative estimate of drug-likeness (QED) is 0.740. The van der Waals surface area contributed by atoms with Crippen LogP contribution in [0.4, 0.5) is 5.69 Å². The van der Waals surface area contributed by atoms with E-state index in [2.05, 4.69) is 26.2 Å². The zero-order chi connectivity index (χ0) is 16.9. The van der Waals surface area contributed by atoms with E-state index >= 15 is 0 Å². The maximum absolute atomic E-state index is 9.60. The molecule has 2 aromatic heterocycles. The summed E-state index contributed by atoms with van der Waals surface area (Å²) in [6.45, 7) is 8.13. The van der Waals surface area contributed by atoms with E-state index in [0.717, 1.165) is 24.4 Å². The molecule has 126 valence electrons. The summed E-state index contributed by atoms with van der Waals surface area (Å²) in [7, 11) is 0. The number of carbonyl (C=O) groups is 1. The van der Waals surface area contributed by atoms with Gasteiger partial charge < -0.3 is 20.8 Å². The van der Waals surface area contributed by atoms with Crippen LogP contribution in [0.25, 0.3) is 11.0 Å². The molecule has 6 nitrogen and oxygen atoms in total. The van der Waals surface area contributed by atoms with Gasteiger partial charge in [-0.15, -0.1) is 0 Å². The average molecular weight is 318 g/mol. The molecule has 4 N–H and O–H groups in total. The van der Waals surface area contributed by atoms with E-state index in [1.54, 1.807) is 6.20 Å². The molecule has 2 aromatic rings. The van der Waals surface area contributed by atoms with E-state index in [4.69, 9.17) is 5.73 Å². The molecule has 0 amide bonds. The molecule has 1 aliphatic heterocycles. The number of hydrogen-bond donors (Lipinski definition) is 3. The van der Waals surface area contributed by atoms with Crippen LogP contribution in [-0.2, 0) is 9.53 Å². The minimum Gasteiger partial charge on any atom is -0.462 e. The van der Waals surface area contributed by atoms with Gasteiger partial charge in [0.1, 0.15) is 11.2 Å². The Morgan fingerprint density at radius 3 is 2.61 bits per heavy atom. The van der Waals surface area contributed by atoms with Gasteiger partial charge in [0.05, 0.1) is 11.9 Å². The van der Waals surface area contributed by atoms with E-state index in [9.17, 15) is 4.79 Å². The lowest BCUT2D eigenvalue weighted by Crippen LogP contribution is -2.26. The monoisotopic (exact) mass is 318 g/mol. The van der Waals surface area contributed by atoms with Crippen molar-refractivity contribution in [1.82, 2.24) is 15.3 Å². The number of aromatic nitrogens is 2. The fraction of sp³-hybridized carbons (Fsp3) is 0.529. The number of nitrogens with zero attached hydrogens (tertiary/aromatic N) is 1. The predicted octanol–water partition coefficient (Wildman–Crippen LogP) is 2.57. The number of H-pyrrole nitrogens is 1. The van der Waals surface area contributed by atoms with Gasteiger partial charge in [0.25, 0.3) is 6.47 Å².